The Balaban J connectivity index is 1.77. The summed E-state index contributed by atoms with van der Waals surface area (Å²) in [4.78, 5) is 2.24. The number of tetrazole rings is 1. The fourth-order valence-electron chi connectivity index (χ4n) is 3.64. The van der Waals surface area contributed by atoms with Crippen molar-refractivity contribution in [3.8, 4) is 0 Å². The Labute approximate surface area is 143 Å². The topological polar surface area (TPSA) is 67.1 Å². The number of aliphatic hydroxyl groups excluding tert-OH is 1. The van der Waals surface area contributed by atoms with Gasteiger partial charge in [0.2, 0.25) is 5.95 Å². The Kier molecular flexibility index (Phi) is 4.85. The zero-order chi connectivity index (χ0) is 17.2. The van der Waals surface area contributed by atoms with Gasteiger partial charge in [0.05, 0.1) is 6.54 Å². The second kappa shape index (κ2) is 6.89. The first-order chi connectivity index (χ1) is 11.5. The van der Waals surface area contributed by atoms with Crippen LogP contribution in [0.4, 0.5) is 5.95 Å². The summed E-state index contributed by atoms with van der Waals surface area (Å²) < 4.78 is 1.92. The molecule has 130 valence electrons. The molecule has 1 aliphatic rings. The molecular formula is C18H27N5O. The molecule has 0 spiro atoms. The molecule has 6 nitrogen and oxygen atoms in total. The van der Waals surface area contributed by atoms with E-state index in [1.54, 1.807) is 0 Å². The van der Waals surface area contributed by atoms with Crippen molar-refractivity contribution in [2.45, 2.75) is 45.6 Å². The number of rotatable bonds is 5. The number of anilines is 1. The smallest absolute Gasteiger partial charge is 0.245 e. The summed E-state index contributed by atoms with van der Waals surface area (Å²) in [6.45, 7) is 9.43. The van der Waals surface area contributed by atoms with E-state index in [-0.39, 0.29) is 12.0 Å². The van der Waals surface area contributed by atoms with Gasteiger partial charge in [-0.3, -0.25) is 0 Å². The molecule has 24 heavy (non-hydrogen) atoms. The number of nitrogens with zero attached hydrogens (tertiary/aromatic N) is 5. The van der Waals surface area contributed by atoms with E-state index in [1.165, 1.54) is 11.1 Å². The molecule has 2 aromatic rings. The molecule has 2 heterocycles. The Morgan fingerprint density at radius 3 is 2.58 bits per heavy atom. The number of piperidine rings is 1. The van der Waals surface area contributed by atoms with E-state index in [9.17, 15) is 5.11 Å². The maximum Gasteiger partial charge on any atom is 0.245 e. The largest absolute Gasteiger partial charge is 0.396 e. The lowest BCUT2D eigenvalue weighted by molar-refractivity contribution is 0.202. The van der Waals surface area contributed by atoms with Gasteiger partial charge in [0.15, 0.2) is 0 Å². The zero-order valence-corrected chi connectivity index (χ0v) is 14.8. The van der Waals surface area contributed by atoms with Gasteiger partial charge in [-0.25, -0.2) is 4.68 Å². The molecule has 0 amide bonds. The van der Waals surface area contributed by atoms with Crippen LogP contribution in [0.5, 0.6) is 0 Å². The van der Waals surface area contributed by atoms with E-state index in [0.717, 1.165) is 38.4 Å². The average Bonchev–Trinajstić information content (AvgIpc) is 3.02. The third-order valence-electron chi connectivity index (χ3n) is 5.09. The Morgan fingerprint density at radius 2 is 1.92 bits per heavy atom. The summed E-state index contributed by atoms with van der Waals surface area (Å²) in [6.07, 6.45) is 1.98. The van der Waals surface area contributed by atoms with Crippen LogP contribution < -0.4 is 4.90 Å². The normalized spacial score (nSPS) is 16.6. The number of hydrogen-bond donors (Lipinski definition) is 1. The Hall–Kier alpha value is -1.95. The highest BCUT2D eigenvalue weighted by atomic mass is 16.3. The van der Waals surface area contributed by atoms with Gasteiger partial charge in [0.25, 0.3) is 0 Å². The number of aliphatic hydroxyl groups is 1. The van der Waals surface area contributed by atoms with Crippen molar-refractivity contribution in [3.05, 3.63) is 35.4 Å². The highest BCUT2D eigenvalue weighted by Crippen LogP contribution is 2.29. The molecule has 1 fully saturated rings. The van der Waals surface area contributed by atoms with Gasteiger partial charge in [0, 0.05) is 25.1 Å². The number of hydrogen-bond acceptors (Lipinski definition) is 5. The van der Waals surface area contributed by atoms with Gasteiger partial charge in [-0.2, -0.15) is 0 Å². The predicted octanol–water partition coefficient (Wildman–Crippen LogP) is 2.17. The van der Waals surface area contributed by atoms with Crippen molar-refractivity contribution in [1.82, 2.24) is 20.2 Å². The number of aryl methyl sites for hydroxylation is 1. The SMILES string of the molecule is Cc1ccccc1C(C)(C)Cn1nnnc1N1CCC(CO)CC1. The molecular weight excluding hydrogens is 302 g/mol. The predicted molar refractivity (Wildman–Crippen MR) is 94.0 cm³/mol. The van der Waals surface area contributed by atoms with Crippen LogP contribution in [0.3, 0.4) is 0 Å². The molecule has 1 aromatic carbocycles. The van der Waals surface area contributed by atoms with Crippen molar-refractivity contribution in [2.75, 3.05) is 24.6 Å². The van der Waals surface area contributed by atoms with Crippen LogP contribution in [0.25, 0.3) is 0 Å². The number of aromatic nitrogens is 4. The minimum atomic E-state index is -0.0567. The second-order valence-corrected chi connectivity index (χ2v) is 7.45. The minimum absolute atomic E-state index is 0.0567. The van der Waals surface area contributed by atoms with Gasteiger partial charge in [-0.15, -0.1) is 0 Å². The summed E-state index contributed by atoms with van der Waals surface area (Å²) >= 11 is 0. The summed E-state index contributed by atoms with van der Waals surface area (Å²) in [5.74, 6) is 1.25. The van der Waals surface area contributed by atoms with Gasteiger partial charge < -0.3 is 10.0 Å². The number of benzene rings is 1. The van der Waals surface area contributed by atoms with Crippen LogP contribution in [-0.4, -0.2) is 45.0 Å². The molecule has 1 N–H and O–H groups in total. The van der Waals surface area contributed by atoms with E-state index in [2.05, 4.69) is 65.5 Å². The molecule has 3 rings (SSSR count). The third kappa shape index (κ3) is 3.43. The van der Waals surface area contributed by atoms with Crippen LogP contribution in [0, 0.1) is 12.8 Å². The van der Waals surface area contributed by atoms with Gasteiger partial charge in [0.1, 0.15) is 0 Å². The molecule has 0 unspecified atom stereocenters. The average molecular weight is 329 g/mol. The van der Waals surface area contributed by atoms with Crippen LogP contribution in [-0.2, 0) is 12.0 Å². The van der Waals surface area contributed by atoms with Crippen LogP contribution in [0.1, 0.15) is 37.8 Å². The molecule has 6 heteroatoms. The molecule has 0 atom stereocenters. The molecule has 0 saturated carbocycles. The summed E-state index contributed by atoms with van der Waals surface area (Å²) in [7, 11) is 0. The standard InChI is InChI=1S/C18H27N5O/c1-14-6-4-5-7-16(14)18(2,3)13-23-17(19-20-21-23)22-10-8-15(12-24)9-11-22/h4-7,15,24H,8-13H2,1-3H3. The fraction of sp³-hybridized carbons (Fsp3) is 0.611. The molecule has 1 aromatic heterocycles. The lowest BCUT2D eigenvalue weighted by Gasteiger charge is -2.33. The van der Waals surface area contributed by atoms with Crippen molar-refractivity contribution in [3.63, 3.8) is 0 Å². The van der Waals surface area contributed by atoms with Crippen LogP contribution in [0.15, 0.2) is 24.3 Å². The fourth-order valence-corrected chi connectivity index (χ4v) is 3.64. The van der Waals surface area contributed by atoms with Crippen molar-refractivity contribution >= 4 is 5.95 Å². The van der Waals surface area contributed by atoms with E-state index in [4.69, 9.17) is 0 Å². The second-order valence-electron chi connectivity index (χ2n) is 7.45. The summed E-state index contributed by atoms with van der Waals surface area (Å²) in [5, 5.41) is 21.7. The molecule has 0 bridgehead atoms. The van der Waals surface area contributed by atoms with Crippen molar-refractivity contribution < 1.29 is 5.11 Å². The third-order valence-corrected chi connectivity index (χ3v) is 5.09. The van der Waals surface area contributed by atoms with Gasteiger partial charge >= 0.3 is 0 Å². The van der Waals surface area contributed by atoms with Gasteiger partial charge in [-0.05, 0) is 47.2 Å². The highest BCUT2D eigenvalue weighted by Gasteiger charge is 2.28. The maximum absolute atomic E-state index is 9.30. The summed E-state index contributed by atoms with van der Waals surface area (Å²) in [6, 6.07) is 8.50. The quantitative estimate of drug-likeness (QED) is 0.910. The first kappa shape index (κ1) is 16.9. The molecule has 0 aliphatic carbocycles. The first-order valence-electron chi connectivity index (χ1n) is 8.69. The van der Waals surface area contributed by atoms with E-state index >= 15 is 0 Å². The van der Waals surface area contributed by atoms with Crippen LogP contribution >= 0.6 is 0 Å². The van der Waals surface area contributed by atoms with E-state index < -0.39 is 0 Å². The highest BCUT2D eigenvalue weighted by molar-refractivity contribution is 5.34. The zero-order valence-electron chi connectivity index (χ0n) is 14.8. The lowest BCUT2D eigenvalue weighted by atomic mass is 9.82. The van der Waals surface area contributed by atoms with Gasteiger partial charge in [-0.1, -0.05) is 43.2 Å². The maximum atomic E-state index is 9.30. The molecule has 0 radical (unpaired) electrons. The van der Waals surface area contributed by atoms with Crippen molar-refractivity contribution in [2.24, 2.45) is 5.92 Å². The first-order valence-corrected chi connectivity index (χ1v) is 8.69. The Bertz CT molecular complexity index is 674. The van der Waals surface area contributed by atoms with Crippen molar-refractivity contribution in [1.29, 1.82) is 0 Å². The molecule has 1 saturated heterocycles. The Morgan fingerprint density at radius 1 is 1.21 bits per heavy atom. The van der Waals surface area contributed by atoms with E-state index in [1.807, 2.05) is 4.68 Å². The molecule has 1 aliphatic heterocycles. The van der Waals surface area contributed by atoms with E-state index in [0.29, 0.717) is 5.92 Å². The monoisotopic (exact) mass is 329 g/mol. The van der Waals surface area contributed by atoms with Crippen LogP contribution in [0.2, 0.25) is 0 Å². The minimum Gasteiger partial charge on any atom is -0.396 e. The lowest BCUT2D eigenvalue weighted by Crippen LogP contribution is -2.37. The summed E-state index contributed by atoms with van der Waals surface area (Å²) in [5.41, 5.74) is 2.56.